The van der Waals surface area contributed by atoms with Gasteiger partial charge in [-0.25, -0.2) is 4.98 Å². The number of aryl methyl sites for hydroxylation is 1. The molecule has 0 aliphatic heterocycles. The zero-order valence-corrected chi connectivity index (χ0v) is 31.4. The van der Waals surface area contributed by atoms with Crippen LogP contribution in [-0.4, -0.2) is 52.2 Å². The fourth-order valence-electron chi connectivity index (χ4n) is 5.68. The maximum atomic E-state index is 12.6. The van der Waals surface area contributed by atoms with Gasteiger partial charge >= 0.3 is 11.9 Å². The van der Waals surface area contributed by atoms with Gasteiger partial charge in [-0.05, 0) is 110 Å². The normalized spacial score (nSPS) is 13.7. The van der Waals surface area contributed by atoms with Crippen LogP contribution in [0.15, 0.2) is 42.0 Å². The molecule has 1 N–H and O–H groups in total. The maximum absolute atomic E-state index is 12.6. The van der Waals surface area contributed by atoms with Crippen molar-refractivity contribution < 1.29 is 28.9 Å². The van der Waals surface area contributed by atoms with E-state index in [-0.39, 0.29) is 18.0 Å². The minimum atomic E-state index is -0.692. The number of unbranched alkanes of at least 4 members (excludes halogenated alkanes) is 6. The van der Waals surface area contributed by atoms with Crippen molar-refractivity contribution in [1.82, 2.24) is 9.55 Å². The summed E-state index contributed by atoms with van der Waals surface area (Å²) in [6, 6.07) is 0. The second kappa shape index (κ2) is 28.4. The van der Waals surface area contributed by atoms with Gasteiger partial charge in [0.1, 0.15) is 6.10 Å². The minimum absolute atomic E-state index is 0.0673. The number of carbonyl (C=O) groups excluding carboxylic acids is 2. The van der Waals surface area contributed by atoms with E-state index in [2.05, 4.69) is 58.7 Å². The lowest BCUT2D eigenvalue weighted by Gasteiger charge is -2.18. The Bertz CT molecular complexity index is 997. The number of esters is 2. The smallest absolute Gasteiger partial charge is 0.306 e. The van der Waals surface area contributed by atoms with Gasteiger partial charge in [-0.15, -0.1) is 0 Å². The Hall–Kier alpha value is -2.45. The first kappa shape index (κ1) is 43.6. The molecule has 0 fully saturated rings. The van der Waals surface area contributed by atoms with Crippen molar-refractivity contribution in [3.05, 3.63) is 42.0 Å². The molecule has 8 nitrogen and oxygen atoms in total. The third kappa shape index (κ3) is 26.5. The first-order chi connectivity index (χ1) is 23.0. The number of aliphatic hydroxyl groups is 1. The molecule has 0 aromatic carbocycles. The molecule has 1 aromatic heterocycles. The maximum Gasteiger partial charge on any atom is 0.306 e. The van der Waals surface area contributed by atoms with Crippen LogP contribution in [0, 0.1) is 11.8 Å². The van der Waals surface area contributed by atoms with Gasteiger partial charge in [-0.2, -0.15) is 0 Å². The van der Waals surface area contributed by atoms with Crippen molar-refractivity contribution in [3.63, 3.8) is 0 Å². The van der Waals surface area contributed by atoms with Gasteiger partial charge in [0.05, 0.1) is 12.9 Å². The van der Waals surface area contributed by atoms with Crippen molar-refractivity contribution in [1.29, 1.82) is 0 Å². The van der Waals surface area contributed by atoms with Crippen molar-refractivity contribution in [2.45, 2.75) is 176 Å². The fraction of sp³-hybridized carbons (Fsp3) is 0.775. The summed E-state index contributed by atoms with van der Waals surface area (Å²) in [5.41, 5.74) is 2.65. The van der Waals surface area contributed by atoms with Crippen LogP contribution in [0.1, 0.15) is 157 Å². The van der Waals surface area contributed by atoms with E-state index >= 15 is 0 Å². The standard InChI is InChI=1S/C40H70N2O6/c1-33(2)18-15-20-35(5)30-39(44)46-28-13-9-7-11-22-37(48-38(43)24-17-26-42-27-25-41-32-42)23-12-8-10-14-29-47-40(45)31-36(6)21-16-19-34(3)4/h18-19,25,27,32,35-37,39,44H,7-17,20-24,26,28-31H2,1-6H3. The van der Waals surface area contributed by atoms with E-state index in [9.17, 15) is 14.7 Å². The first-order valence-corrected chi connectivity index (χ1v) is 18.9. The van der Waals surface area contributed by atoms with Crippen molar-refractivity contribution in [2.75, 3.05) is 13.2 Å². The average Bonchev–Trinajstić information content (AvgIpc) is 3.53. The van der Waals surface area contributed by atoms with Crippen molar-refractivity contribution >= 4 is 11.9 Å². The lowest BCUT2D eigenvalue weighted by atomic mass is 10.0. The van der Waals surface area contributed by atoms with Gasteiger partial charge in [0, 0.05) is 44.8 Å². The minimum Gasteiger partial charge on any atom is -0.466 e. The highest BCUT2D eigenvalue weighted by atomic mass is 16.6. The van der Waals surface area contributed by atoms with Gasteiger partial charge in [-0.3, -0.25) is 9.59 Å². The molecule has 276 valence electrons. The molecule has 1 rings (SSSR count). The number of imidazole rings is 1. The number of hydrogen-bond donors (Lipinski definition) is 1. The third-order valence-electron chi connectivity index (χ3n) is 8.61. The number of hydrogen-bond acceptors (Lipinski definition) is 7. The average molecular weight is 675 g/mol. The molecular weight excluding hydrogens is 604 g/mol. The van der Waals surface area contributed by atoms with E-state index in [4.69, 9.17) is 14.2 Å². The first-order valence-electron chi connectivity index (χ1n) is 18.9. The molecule has 48 heavy (non-hydrogen) atoms. The van der Waals surface area contributed by atoms with E-state index in [0.29, 0.717) is 44.3 Å². The summed E-state index contributed by atoms with van der Waals surface area (Å²) in [4.78, 5) is 28.9. The van der Waals surface area contributed by atoms with Crippen molar-refractivity contribution in [2.24, 2.45) is 11.8 Å². The number of carbonyl (C=O) groups is 2. The van der Waals surface area contributed by atoms with Crippen LogP contribution in [0.4, 0.5) is 0 Å². The number of ether oxygens (including phenoxy) is 3. The number of rotatable bonds is 30. The molecule has 0 saturated carbocycles. The largest absolute Gasteiger partial charge is 0.466 e. The monoisotopic (exact) mass is 675 g/mol. The van der Waals surface area contributed by atoms with Crippen LogP contribution in [0.5, 0.6) is 0 Å². The highest BCUT2D eigenvalue weighted by Gasteiger charge is 2.15. The van der Waals surface area contributed by atoms with Crippen LogP contribution in [0.2, 0.25) is 0 Å². The molecule has 4 unspecified atom stereocenters. The van der Waals surface area contributed by atoms with Crippen LogP contribution in [-0.2, 0) is 30.3 Å². The Morgan fingerprint density at radius 1 is 0.771 bits per heavy atom. The molecule has 0 radical (unpaired) electrons. The van der Waals surface area contributed by atoms with E-state index in [1.807, 2.05) is 10.8 Å². The molecule has 0 amide bonds. The van der Waals surface area contributed by atoms with Gasteiger partial charge < -0.3 is 23.9 Å². The lowest BCUT2D eigenvalue weighted by molar-refractivity contribution is -0.150. The predicted octanol–water partition coefficient (Wildman–Crippen LogP) is 9.90. The van der Waals surface area contributed by atoms with E-state index < -0.39 is 6.29 Å². The molecule has 1 heterocycles. The predicted molar refractivity (Wildman–Crippen MR) is 195 cm³/mol. The summed E-state index contributed by atoms with van der Waals surface area (Å²) >= 11 is 0. The highest BCUT2D eigenvalue weighted by Crippen LogP contribution is 2.19. The van der Waals surface area contributed by atoms with Crippen molar-refractivity contribution in [3.8, 4) is 0 Å². The van der Waals surface area contributed by atoms with Crippen LogP contribution in [0.3, 0.4) is 0 Å². The highest BCUT2D eigenvalue weighted by molar-refractivity contribution is 5.69. The zero-order chi connectivity index (χ0) is 35.4. The number of nitrogens with zero attached hydrogens (tertiary/aromatic N) is 2. The molecule has 0 aliphatic rings. The topological polar surface area (TPSA) is 99.9 Å². The summed E-state index contributed by atoms with van der Waals surface area (Å²) in [5.74, 6) is 0.545. The van der Waals surface area contributed by atoms with E-state index in [1.54, 1.807) is 12.5 Å². The van der Waals surface area contributed by atoms with Crippen LogP contribution in [0.25, 0.3) is 0 Å². The summed E-state index contributed by atoms with van der Waals surface area (Å²) in [6.07, 6.45) is 25.1. The Morgan fingerprint density at radius 2 is 1.38 bits per heavy atom. The fourth-order valence-corrected chi connectivity index (χ4v) is 5.68. The summed E-state index contributed by atoms with van der Waals surface area (Å²) in [5, 5.41) is 10.2. The second-order valence-electron chi connectivity index (χ2n) is 14.3. The molecule has 8 heteroatoms. The summed E-state index contributed by atoms with van der Waals surface area (Å²) < 4.78 is 19.1. The van der Waals surface area contributed by atoms with E-state index in [0.717, 1.165) is 103 Å². The molecule has 1 aromatic rings. The molecule has 0 aliphatic carbocycles. The molecule has 4 atom stereocenters. The molecule has 0 saturated heterocycles. The van der Waals surface area contributed by atoms with Gasteiger partial charge in [0.15, 0.2) is 6.29 Å². The van der Waals surface area contributed by atoms with Gasteiger partial charge in [0.2, 0.25) is 0 Å². The van der Waals surface area contributed by atoms with Crippen LogP contribution < -0.4 is 0 Å². The Morgan fingerprint density at radius 3 is 1.98 bits per heavy atom. The molecule has 0 spiro atoms. The number of allylic oxidation sites excluding steroid dienone is 4. The Kier molecular flexibility index (Phi) is 25.8. The van der Waals surface area contributed by atoms with Gasteiger partial charge in [-0.1, -0.05) is 62.8 Å². The third-order valence-corrected chi connectivity index (χ3v) is 8.61. The Labute approximate surface area is 293 Å². The molecular formula is C40H70N2O6. The lowest BCUT2D eigenvalue weighted by Crippen LogP contribution is -2.19. The summed E-state index contributed by atoms with van der Waals surface area (Å²) in [6.45, 7) is 14.5. The Balaban J connectivity index is 2.29. The second-order valence-corrected chi connectivity index (χ2v) is 14.3. The number of aliphatic hydroxyl groups excluding tert-OH is 1. The number of aromatic nitrogens is 2. The molecule has 0 bridgehead atoms. The zero-order valence-electron chi connectivity index (χ0n) is 31.4. The summed E-state index contributed by atoms with van der Waals surface area (Å²) in [7, 11) is 0. The van der Waals surface area contributed by atoms with Gasteiger partial charge in [0.25, 0.3) is 0 Å². The SMILES string of the molecule is CC(C)=CCCC(C)CC(=O)OCCCCCCC(CCCCCCOC(O)CC(C)CCC=C(C)C)OC(=O)CCCn1ccnc1. The van der Waals surface area contributed by atoms with E-state index in [1.165, 1.54) is 11.1 Å². The van der Waals surface area contributed by atoms with Crippen LogP contribution >= 0.6 is 0 Å². The quantitative estimate of drug-likeness (QED) is 0.0375.